The second-order valence-corrected chi connectivity index (χ2v) is 8.55. The number of fused-ring (bicyclic) bond motifs is 2. The smallest absolute Gasteiger partial charge is 0.406 e. The fourth-order valence-electron chi connectivity index (χ4n) is 4.60. The molecule has 1 saturated heterocycles. The van der Waals surface area contributed by atoms with Gasteiger partial charge in [0.2, 0.25) is 0 Å². The van der Waals surface area contributed by atoms with Gasteiger partial charge in [-0.1, -0.05) is 35.9 Å². The Hall–Kier alpha value is -2.18. The quantitative estimate of drug-likeness (QED) is 0.608. The van der Waals surface area contributed by atoms with E-state index in [0.717, 1.165) is 60.9 Å². The van der Waals surface area contributed by atoms with Crippen LogP contribution in [-0.4, -0.2) is 44.5 Å². The summed E-state index contributed by atoms with van der Waals surface area (Å²) in [5.74, 6) is -0.135. The summed E-state index contributed by atoms with van der Waals surface area (Å²) in [6.07, 6.45) is 1.38. The molecular formula is C23H24ClF3N2O. The van der Waals surface area contributed by atoms with E-state index in [1.54, 1.807) is 12.1 Å². The van der Waals surface area contributed by atoms with Crippen LogP contribution in [0.5, 0.6) is 5.75 Å². The number of hydrogen-bond donors (Lipinski definition) is 0. The Balaban J connectivity index is 1.42. The van der Waals surface area contributed by atoms with E-state index < -0.39 is 6.36 Å². The first kappa shape index (κ1) is 21.1. The molecule has 2 aromatic rings. The predicted octanol–water partition coefficient (Wildman–Crippen LogP) is 5.74. The summed E-state index contributed by atoms with van der Waals surface area (Å²) in [6, 6.07) is 12.4. The highest BCUT2D eigenvalue weighted by Gasteiger charge is 2.44. The van der Waals surface area contributed by atoms with Gasteiger partial charge in [-0.15, -0.1) is 13.2 Å². The Bertz CT molecular complexity index is 919. The first-order chi connectivity index (χ1) is 14.2. The van der Waals surface area contributed by atoms with Crippen LogP contribution in [0.4, 0.5) is 18.9 Å². The summed E-state index contributed by atoms with van der Waals surface area (Å²) < 4.78 is 42.2. The Labute approximate surface area is 179 Å². The number of anilines is 1. The predicted molar refractivity (Wildman–Crippen MR) is 114 cm³/mol. The minimum absolute atomic E-state index is 0.120. The van der Waals surface area contributed by atoms with E-state index in [9.17, 15) is 13.2 Å². The molecule has 0 aliphatic carbocycles. The van der Waals surface area contributed by atoms with Crippen LogP contribution in [-0.2, 0) is 5.41 Å². The van der Waals surface area contributed by atoms with Crippen molar-refractivity contribution in [1.29, 1.82) is 0 Å². The Morgan fingerprint density at radius 3 is 2.47 bits per heavy atom. The molecule has 1 fully saturated rings. The van der Waals surface area contributed by atoms with Gasteiger partial charge in [0, 0.05) is 36.3 Å². The SMILES string of the molecule is CN1CC2(CCN(C/C=C/c3ccc(Cl)cc3)CC2)c2cc(OC(F)(F)F)ccc21. The van der Waals surface area contributed by atoms with Crippen LogP contribution < -0.4 is 9.64 Å². The average Bonchev–Trinajstić information content (AvgIpc) is 2.95. The summed E-state index contributed by atoms with van der Waals surface area (Å²) in [7, 11) is 2.00. The number of likely N-dealkylation sites (N-methyl/N-ethyl adjacent to an activating group) is 1. The van der Waals surface area contributed by atoms with E-state index in [1.807, 2.05) is 31.3 Å². The van der Waals surface area contributed by atoms with Crippen LogP contribution in [0, 0.1) is 0 Å². The number of likely N-dealkylation sites (tertiary alicyclic amines) is 1. The van der Waals surface area contributed by atoms with Gasteiger partial charge in [-0.2, -0.15) is 0 Å². The first-order valence-corrected chi connectivity index (χ1v) is 10.4. The third-order valence-electron chi connectivity index (χ3n) is 6.08. The largest absolute Gasteiger partial charge is 0.573 e. The van der Waals surface area contributed by atoms with Gasteiger partial charge >= 0.3 is 6.36 Å². The zero-order valence-electron chi connectivity index (χ0n) is 16.8. The Kier molecular flexibility index (Phi) is 5.73. The number of hydrogen-bond acceptors (Lipinski definition) is 3. The molecule has 30 heavy (non-hydrogen) atoms. The lowest BCUT2D eigenvalue weighted by atomic mass is 9.74. The number of halogens is 4. The number of nitrogens with zero attached hydrogens (tertiary/aromatic N) is 2. The normalized spacial score (nSPS) is 18.9. The van der Waals surface area contributed by atoms with E-state index in [0.29, 0.717) is 0 Å². The van der Waals surface area contributed by atoms with Crippen LogP contribution >= 0.6 is 11.6 Å². The second kappa shape index (κ2) is 8.16. The van der Waals surface area contributed by atoms with Gasteiger partial charge < -0.3 is 9.64 Å². The second-order valence-electron chi connectivity index (χ2n) is 8.12. The molecule has 0 atom stereocenters. The summed E-state index contributed by atoms with van der Waals surface area (Å²) in [6.45, 7) is 3.48. The number of benzene rings is 2. The molecule has 2 aromatic carbocycles. The highest BCUT2D eigenvalue weighted by Crippen LogP contribution is 2.48. The molecule has 0 aromatic heterocycles. The molecule has 2 aliphatic heterocycles. The standard InChI is InChI=1S/C23H24ClF3N2O/c1-28-16-22(20-15-19(8-9-21(20)28)30-23(25,26)27)10-13-29(14-11-22)12-2-3-17-4-6-18(24)7-5-17/h2-9,15H,10-14,16H2,1H3/b3-2+. The van der Waals surface area contributed by atoms with Crippen molar-refractivity contribution < 1.29 is 17.9 Å². The van der Waals surface area contributed by atoms with Gasteiger partial charge in [0.1, 0.15) is 5.75 Å². The van der Waals surface area contributed by atoms with Crippen molar-refractivity contribution in [1.82, 2.24) is 4.90 Å². The highest BCUT2D eigenvalue weighted by atomic mass is 35.5. The summed E-state index contributed by atoms with van der Waals surface area (Å²) in [5.41, 5.74) is 2.96. The zero-order chi connectivity index (χ0) is 21.4. The minimum Gasteiger partial charge on any atom is -0.406 e. The molecular weight excluding hydrogens is 413 g/mol. The number of piperidine rings is 1. The van der Waals surface area contributed by atoms with Crippen molar-refractivity contribution in [2.45, 2.75) is 24.6 Å². The van der Waals surface area contributed by atoms with Gasteiger partial charge in [0.05, 0.1) is 0 Å². The van der Waals surface area contributed by atoms with Gasteiger partial charge in [-0.3, -0.25) is 4.90 Å². The van der Waals surface area contributed by atoms with Crippen LogP contribution in [0.2, 0.25) is 5.02 Å². The van der Waals surface area contributed by atoms with Crippen molar-refractivity contribution in [2.24, 2.45) is 0 Å². The van der Waals surface area contributed by atoms with Gasteiger partial charge in [0.15, 0.2) is 0 Å². The lowest BCUT2D eigenvalue weighted by Crippen LogP contribution is -2.44. The molecule has 0 radical (unpaired) electrons. The van der Waals surface area contributed by atoms with Crippen molar-refractivity contribution in [3.8, 4) is 5.75 Å². The van der Waals surface area contributed by atoms with Crippen LogP contribution in [0.15, 0.2) is 48.5 Å². The summed E-state index contributed by atoms with van der Waals surface area (Å²) in [5, 5.41) is 0.721. The summed E-state index contributed by atoms with van der Waals surface area (Å²) >= 11 is 5.91. The molecule has 0 N–H and O–H groups in total. The van der Waals surface area contributed by atoms with Crippen molar-refractivity contribution in [3.05, 3.63) is 64.7 Å². The fourth-order valence-corrected chi connectivity index (χ4v) is 4.72. The molecule has 160 valence electrons. The third kappa shape index (κ3) is 4.60. The van der Waals surface area contributed by atoms with Crippen molar-refractivity contribution >= 4 is 23.4 Å². The molecule has 4 rings (SSSR count). The maximum atomic E-state index is 12.7. The highest BCUT2D eigenvalue weighted by molar-refractivity contribution is 6.30. The van der Waals surface area contributed by atoms with E-state index in [-0.39, 0.29) is 11.2 Å². The monoisotopic (exact) mass is 436 g/mol. The maximum Gasteiger partial charge on any atom is 0.573 e. The molecule has 0 saturated carbocycles. The van der Waals surface area contributed by atoms with Crippen LogP contribution in [0.3, 0.4) is 0 Å². The van der Waals surface area contributed by atoms with Crippen molar-refractivity contribution in [2.75, 3.05) is 38.1 Å². The first-order valence-electron chi connectivity index (χ1n) is 10.0. The van der Waals surface area contributed by atoms with E-state index in [4.69, 9.17) is 11.6 Å². The molecule has 1 spiro atoms. The van der Waals surface area contributed by atoms with E-state index >= 15 is 0 Å². The Morgan fingerprint density at radius 2 is 1.80 bits per heavy atom. The Morgan fingerprint density at radius 1 is 1.10 bits per heavy atom. The summed E-state index contributed by atoms with van der Waals surface area (Å²) in [4.78, 5) is 4.52. The average molecular weight is 437 g/mol. The molecule has 0 bridgehead atoms. The molecule has 0 unspecified atom stereocenters. The van der Waals surface area contributed by atoms with Crippen LogP contribution in [0.1, 0.15) is 24.0 Å². The fraction of sp³-hybridized carbons (Fsp3) is 0.391. The van der Waals surface area contributed by atoms with Crippen LogP contribution in [0.25, 0.3) is 6.08 Å². The topological polar surface area (TPSA) is 15.7 Å². The molecule has 2 aliphatic rings. The van der Waals surface area contributed by atoms with Gasteiger partial charge in [-0.25, -0.2) is 0 Å². The molecule has 2 heterocycles. The molecule has 7 heteroatoms. The lowest BCUT2D eigenvalue weighted by Gasteiger charge is -2.39. The van der Waals surface area contributed by atoms with E-state index in [1.165, 1.54) is 6.07 Å². The van der Waals surface area contributed by atoms with Crippen molar-refractivity contribution in [3.63, 3.8) is 0 Å². The number of alkyl halides is 3. The lowest BCUT2D eigenvalue weighted by molar-refractivity contribution is -0.274. The van der Waals surface area contributed by atoms with Gasteiger partial charge in [-0.05, 0) is 67.4 Å². The number of ether oxygens (including phenoxy) is 1. The van der Waals surface area contributed by atoms with Gasteiger partial charge in [0.25, 0.3) is 0 Å². The maximum absolute atomic E-state index is 12.7. The minimum atomic E-state index is -4.67. The zero-order valence-corrected chi connectivity index (χ0v) is 17.5. The third-order valence-corrected chi connectivity index (χ3v) is 6.33. The van der Waals surface area contributed by atoms with E-state index in [2.05, 4.69) is 26.7 Å². The molecule has 3 nitrogen and oxygen atoms in total. The molecule has 0 amide bonds. The number of rotatable bonds is 4.